The molecule has 2 heterocycles. The van der Waals surface area contributed by atoms with E-state index in [4.69, 9.17) is 0 Å². The number of ketones is 1. The minimum Gasteiger partial charge on any atom is -0.338 e. The van der Waals surface area contributed by atoms with Crippen LogP contribution < -0.4 is 0 Å². The lowest BCUT2D eigenvalue weighted by atomic mass is 10.1. The zero-order valence-corrected chi connectivity index (χ0v) is 11.3. The molecule has 0 atom stereocenters. The molecule has 94 valence electrons. The van der Waals surface area contributed by atoms with Gasteiger partial charge in [-0.15, -0.1) is 11.3 Å². The van der Waals surface area contributed by atoms with Crippen molar-refractivity contribution in [1.29, 1.82) is 0 Å². The maximum Gasteiger partial charge on any atom is 0.173 e. The normalized spacial score (nSPS) is 13.8. The summed E-state index contributed by atoms with van der Waals surface area (Å²) < 4.78 is 1.97. The van der Waals surface area contributed by atoms with Gasteiger partial charge in [-0.3, -0.25) is 4.79 Å². The predicted molar refractivity (Wildman–Crippen MR) is 72.2 cm³/mol. The van der Waals surface area contributed by atoms with Gasteiger partial charge in [0.1, 0.15) is 5.82 Å². The van der Waals surface area contributed by atoms with Gasteiger partial charge in [-0.1, -0.05) is 0 Å². The number of carbonyl (C=O) groups is 1. The molecule has 0 bridgehead atoms. The SMILES string of the molecule is Cn1ccnc1CCC(=O)c1cc2c(s1)CCC2. The summed E-state index contributed by atoms with van der Waals surface area (Å²) in [5.41, 5.74) is 1.40. The second-order valence-electron chi connectivity index (χ2n) is 4.79. The Morgan fingerprint density at radius 2 is 2.39 bits per heavy atom. The fraction of sp³-hybridized carbons (Fsp3) is 0.429. The van der Waals surface area contributed by atoms with Gasteiger partial charge in [0.15, 0.2) is 5.78 Å². The molecule has 0 amide bonds. The van der Waals surface area contributed by atoms with Gasteiger partial charge in [-0.25, -0.2) is 4.98 Å². The summed E-state index contributed by atoms with van der Waals surface area (Å²) in [7, 11) is 1.96. The zero-order valence-electron chi connectivity index (χ0n) is 10.5. The first kappa shape index (κ1) is 11.7. The Bertz CT molecular complexity index is 561. The zero-order chi connectivity index (χ0) is 12.5. The van der Waals surface area contributed by atoms with Gasteiger partial charge in [0.2, 0.25) is 0 Å². The molecule has 2 aromatic rings. The molecule has 0 aliphatic heterocycles. The third-order valence-electron chi connectivity index (χ3n) is 3.52. The lowest BCUT2D eigenvalue weighted by Gasteiger charge is -2.00. The molecule has 0 saturated heterocycles. The molecule has 0 radical (unpaired) electrons. The summed E-state index contributed by atoms with van der Waals surface area (Å²) in [5.74, 6) is 1.24. The Kier molecular flexibility index (Phi) is 3.04. The number of hydrogen-bond donors (Lipinski definition) is 0. The number of thiophene rings is 1. The fourth-order valence-electron chi connectivity index (χ4n) is 2.45. The van der Waals surface area contributed by atoms with Gasteiger partial charge < -0.3 is 4.57 Å². The minimum atomic E-state index is 0.261. The Morgan fingerprint density at radius 3 is 3.11 bits per heavy atom. The summed E-state index contributed by atoms with van der Waals surface area (Å²) in [6, 6.07) is 2.10. The highest BCUT2D eigenvalue weighted by molar-refractivity contribution is 7.14. The number of hydrogen-bond acceptors (Lipinski definition) is 3. The van der Waals surface area contributed by atoms with E-state index < -0.39 is 0 Å². The number of aromatic nitrogens is 2. The number of carbonyl (C=O) groups excluding carboxylic acids is 1. The number of nitrogens with zero attached hydrogens (tertiary/aromatic N) is 2. The van der Waals surface area contributed by atoms with Crippen LogP contribution in [-0.2, 0) is 26.3 Å². The number of rotatable bonds is 4. The second kappa shape index (κ2) is 4.69. The van der Waals surface area contributed by atoms with Gasteiger partial charge in [-0.05, 0) is 30.9 Å². The summed E-state index contributed by atoms with van der Waals surface area (Å²) in [6.07, 6.45) is 8.54. The van der Waals surface area contributed by atoms with Gasteiger partial charge in [0.25, 0.3) is 0 Å². The largest absolute Gasteiger partial charge is 0.338 e. The second-order valence-corrected chi connectivity index (χ2v) is 5.93. The van der Waals surface area contributed by atoms with Crippen molar-refractivity contribution in [3.63, 3.8) is 0 Å². The van der Waals surface area contributed by atoms with Crippen LogP contribution in [0.4, 0.5) is 0 Å². The summed E-state index contributed by atoms with van der Waals surface area (Å²) in [6.45, 7) is 0. The van der Waals surface area contributed by atoms with Crippen molar-refractivity contribution in [2.24, 2.45) is 7.05 Å². The maximum atomic E-state index is 12.1. The quantitative estimate of drug-likeness (QED) is 0.792. The molecule has 0 spiro atoms. The van der Waals surface area contributed by atoms with Crippen LogP contribution >= 0.6 is 11.3 Å². The van der Waals surface area contributed by atoms with Gasteiger partial charge in [-0.2, -0.15) is 0 Å². The number of fused-ring (bicyclic) bond motifs is 1. The van der Waals surface area contributed by atoms with Crippen molar-refractivity contribution in [2.45, 2.75) is 32.1 Å². The molecule has 1 aliphatic carbocycles. The monoisotopic (exact) mass is 260 g/mol. The van der Waals surface area contributed by atoms with Gasteiger partial charge in [0, 0.05) is 37.2 Å². The lowest BCUT2D eigenvalue weighted by molar-refractivity contribution is 0.0986. The lowest BCUT2D eigenvalue weighted by Crippen LogP contribution is -2.03. The third-order valence-corrected chi connectivity index (χ3v) is 4.80. The summed E-state index contributed by atoms with van der Waals surface area (Å²) >= 11 is 1.69. The van der Waals surface area contributed by atoms with Crippen LogP contribution in [0.1, 0.15) is 38.8 Å². The molecular weight excluding hydrogens is 244 g/mol. The Balaban J connectivity index is 1.66. The third kappa shape index (κ3) is 2.12. The van der Waals surface area contributed by atoms with E-state index in [1.165, 1.54) is 16.9 Å². The Labute approximate surface area is 110 Å². The average Bonchev–Trinajstić information content (AvgIpc) is 3.00. The van der Waals surface area contributed by atoms with E-state index in [-0.39, 0.29) is 5.78 Å². The average molecular weight is 260 g/mol. The number of aryl methyl sites for hydroxylation is 4. The van der Waals surface area contributed by atoms with E-state index in [1.807, 2.05) is 17.8 Å². The first-order chi connectivity index (χ1) is 8.74. The smallest absolute Gasteiger partial charge is 0.173 e. The van der Waals surface area contributed by atoms with Crippen LogP contribution in [0.3, 0.4) is 0 Å². The molecular formula is C14H16N2OS. The van der Waals surface area contributed by atoms with Gasteiger partial charge in [0.05, 0.1) is 4.88 Å². The highest BCUT2D eigenvalue weighted by Gasteiger charge is 2.18. The molecule has 0 saturated carbocycles. The maximum absolute atomic E-state index is 12.1. The molecule has 18 heavy (non-hydrogen) atoms. The van der Waals surface area contributed by atoms with Crippen LogP contribution in [-0.4, -0.2) is 15.3 Å². The van der Waals surface area contributed by atoms with Crippen LogP contribution in [0, 0.1) is 0 Å². The minimum absolute atomic E-state index is 0.261. The van der Waals surface area contributed by atoms with Crippen LogP contribution in [0.25, 0.3) is 0 Å². The molecule has 0 fully saturated rings. The Hall–Kier alpha value is -1.42. The van der Waals surface area contributed by atoms with Crippen molar-refractivity contribution in [1.82, 2.24) is 9.55 Å². The topological polar surface area (TPSA) is 34.9 Å². The molecule has 0 aromatic carbocycles. The van der Waals surface area contributed by atoms with Crippen LogP contribution in [0.5, 0.6) is 0 Å². The highest BCUT2D eigenvalue weighted by atomic mass is 32.1. The fourth-order valence-corrected chi connectivity index (χ4v) is 3.67. The van der Waals surface area contributed by atoms with Crippen LogP contribution in [0.15, 0.2) is 18.5 Å². The van der Waals surface area contributed by atoms with E-state index >= 15 is 0 Å². The van der Waals surface area contributed by atoms with E-state index in [0.717, 1.165) is 30.0 Å². The summed E-state index contributed by atoms with van der Waals surface area (Å²) in [4.78, 5) is 18.7. The first-order valence-corrected chi connectivity index (χ1v) is 7.16. The Morgan fingerprint density at radius 1 is 1.50 bits per heavy atom. The van der Waals surface area contributed by atoms with E-state index in [0.29, 0.717) is 6.42 Å². The highest BCUT2D eigenvalue weighted by Crippen LogP contribution is 2.31. The molecule has 2 aromatic heterocycles. The number of imidazole rings is 1. The molecule has 0 N–H and O–H groups in total. The predicted octanol–water partition coefficient (Wildman–Crippen LogP) is 2.79. The summed E-state index contributed by atoms with van der Waals surface area (Å²) in [5, 5.41) is 0. The van der Waals surface area contributed by atoms with E-state index in [9.17, 15) is 4.79 Å². The van der Waals surface area contributed by atoms with E-state index in [2.05, 4.69) is 11.1 Å². The van der Waals surface area contributed by atoms with Gasteiger partial charge >= 0.3 is 0 Å². The van der Waals surface area contributed by atoms with Crippen molar-refractivity contribution in [2.75, 3.05) is 0 Å². The van der Waals surface area contributed by atoms with Crippen molar-refractivity contribution in [3.8, 4) is 0 Å². The number of Topliss-reactive ketones (excluding diaryl/α,β-unsaturated/α-hetero) is 1. The first-order valence-electron chi connectivity index (χ1n) is 6.35. The standard InChI is InChI=1S/C14H16N2OS/c1-16-8-7-15-14(16)6-5-11(17)13-9-10-3-2-4-12(10)18-13/h7-9H,2-6H2,1H3. The molecule has 1 aliphatic rings. The van der Waals surface area contributed by atoms with Crippen LogP contribution in [0.2, 0.25) is 0 Å². The molecule has 4 heteroatoms. The van der Waals surface area contributed by atoms with E-state index in [1.54, 1.807) is 17.5 Å². The van der Waals surface area contributed by atoms with Crippen molar-refractivity contribution in [3.05, 3.63) is 39.6 Å². The molecule has 0 unspecified atom stereocenters. The van der Waals surface area contributed by atoms with Crippen molar-refractivity contribution < 1.29 is 4.79 Å². The molecule has 3 rings (SSSR count). The van der Waals surface area contributed by atoms with Crippen molar-refractivity contribution >= 4 is 17.1 Å². The molecule has 3 nitrogen and oxygen atoms in total.